The van der Waals surface area contributed by atoms with E-state index in [1.807, 2.05) is 18.2 Å². The fourth-order valence-corrected chi connectivity index (χ4v) is 2.93. The number of carbonyl (C=O) groups excluding carboxylic acids is 1. The highest BCUT2D eigenvalue weighted by Gasteiger charge is 2.17. The molecular formula is C14H17BrN4O. The molecule has 20 heavy (non-hydrogen) atoms. The van der Waals surface area contributed by atoms with Crippen LogP contribution in [0.2, 0.25) is 0 Å². The van der Waals surface area contributed by atoms with Crippen LogP contribution in [0.15, 0.2) is 22.7 Å². The molecule has 0 bridgehead atoms. The van der Waals surface area contributed by atoms with Gasteiger partial charge in [-0.05, 0) is 50.0 Å². The quantitative estimate of drug-likeness (QED) is 0.803. The number of hydrogen-bond acceptors (Lipinski definition) is 3. The maximum absolute atomic E-state index is 12.2. The molecule has 3 N–H and O–H groups in total. The number of rotatable bonds is 3. The first-order valence-electron chi connectivity index (χ1n) is 6.86. The number of carbonyl (C=O) groups is 1. The Morgan fingerprint density at radius 3 is 3.00 bits per heavy atom. The summed E-state index contributed by atoms with van der Waals surface area (Å²) < 4.78 is 0.943. The highest BCUT2D eigenvalue weighted by molar-refractivity contribution is 9.10. The van der Waals surface area contributed by atoms with E-state index in [1.165, 1.54) is 0 Å². The highest BCUT2D eigenvalue weighted by atomic mass is 79.9. The van der Waals surface area contributed by atoms with Crippen LogP contribution in [-0.4, -0.2) is 35.7 Å². The number of aromatic nitrogens is 2. The second kappa shape index (κ2) is 5.93. The second-order valence-electron chi connectivity index (χ2n) is 5.17. The molecule has 106 valence electrons. The standard InChI is InChI=1S/C14H17BrN4O/c15-10-1-2-12-11(7-10)13(19-18-12)14(20)17-8-9-3-5-16-6-4-9/h1-2,7,9,16H,3-6,8H2,(H,17,20)(H,18,19). The molecule has 1 amide bonds. The van der Waals surface area contributed by atoms with E-state index in [9.17, 15) is 4.79 Å². The summed E-state index contributed by atoms with van der Waals surface area (Å²) in [7, 11) is 0. The third-order valence-corrected chi connectivity index (χ3v) is 4.24. The van der Waals surface area contributed by atoms with Crippen LogP contribution < -0.4 is 10.6 Å². The Kier molecular flexibility index (Phi) is 4.03. The Morgan fingerprint density at radius 2 is 2.20 bits per heavy atom. The van der Waals surface area contributed by atoms with E-state index < -0.39 is 0 Å². The van der Waals surface area contributed by atoms with Gasteiger partial charge in [0.15, 0.2) is 5.69 Å². The van der Waals surface area contributed by atoms with Gasteiger partial charge in [-0.1, -0.05) is 15.9 Å². The maximum atomic E-state index is 12.2. The predicted molar refractivity (Wildman–Crippen MR) is 81.7 cm³/mol. The van der Waals surface area contributed by atoms with Crippen molar-refractivity contribution in [3.8, 4) is 0 Å². The average Bonchev–Trinajstić information content (AvgIpc) is 2.89. The lowest BCUT2D eigenvalue weighted by Crippen LogP contribution is -2.36. The molecule has 1 aliphatic heterocycles. The van der Waals surface area contributed by atoms with Crippen LogP contribution in [0.1, 0.15) is 23.3 Å². The summed E-state index contributed by atoms with van der Waals surface area (Å²) in [6.07, 6.45) is 2.24. The summed E-state index contributed by atoms with van der Waals surface area (Å²) in [4.78, 5) is 12.2. The van der Waals surface area contributed by atoms with E-state index >= 15 is 0 Å². The van der Waals surface area contributed by atoms with Crippen molar-refractivity contribution in [2.75, 3.05) is 19.6 Å². The van der Waals surface area contributed by atoms with Crippen LogP contribution in [0, 0.1) is 5.92 Å². The van der Waals surface area contributed by atoms with Gasteiger partial charge in [-0.25, -0.2) is 0 Å². The van der Waals surface area contributed by atoms with Gasteiger partial charge >= 0.3 is 0 Å². The van der Waals surface area contributed by atoms with Crippen molar-refractivity contribution in [2.24, 2.45) is 5.92 Å². The summed E-state index contributed by atoms with van der Waals surface area (Å²) in [6, 6.07) is 5.76. The molecule has 2 aromatic rings. The minimum atomic E-state index is -0.104. The number of piperidine rings is 1. The maximum Gasteiger partial charge on any atom is 0.272 e. The van der Waals surface area contributed by atoms with E-state index in [-0.39, 0.29) is 5.91 Å². The van der Waals surface area contributed by atoms with Crippen LogP contribution in [0.4, 0.5) is 0 Å². The number of benzene rings is 1. The van der Waals surface area contributed by atoms with Crippen LogP contribution in [0.3, 0.4) is 0 Å². The number of nitrogens with one attached hydrogen (secondary N) is 3. The normalized spacial score (nSPS) is 16.4. The zero-order chi connectivity index (χ0) is 13.9. The summed E-state index contributed by atoms with van der Waals surface area (Å²) in [5.41, 5.74) is 1.34. The molecule has 0 atom stereocenters. The molecule has 5 nitrogen and oxygen atoms in total. The summed E-state index contributed by atoms with van der Waals surface area (Å²) in [5, 5.41) is 14.2. The number of fused-ring (bicyclic) bond motifs is 1. The number of nitrogens with zero attached hydrogens (tertiary/aromatic N) is 1. The molecule has 0 aliphatic carbocycles. The van der Waals surface area contributed by atoms with Gasteiger partial charge in [-0.2, -0.15) is 5.10 Å². The van der Waals surface area contributed by atoms with Crippen molar-refractivity contribution < 1.29 is 4.79 Å². The van der Waals surface area contributed by atoms with Gasteiger partial charge in [0.1, 0.15) is 0 Å². The van der Waals surface area contributed by atoms with Gasteiger partial charge < -0.3 is 10.6 Å². The molecule has 1 aromatic carbocycles. The van der Waals surface area contributed by atoms with Gasteiger partial charge in [0.25, 0.3) is 5.91 Å². The Hall–Kier alpha value is -1.40. The molecule has 2 heterocycles. The molecule has 1 saturated heterocycles. The third-order valence-electron chi connectivity index (χ3n) is 3.75. The van der Waals surface area contributed by atoms with Crippen molar-refractivity contribution in [3.63, 3.8) is 0 Å². The topological polar surface area (TPSA) is 69.8 Å². The van der Waals surface area contributed by atoms with E-state index in [0.29, 0.717) is 11.6 Å². The lowest BCUT2D eigenvalue weighted by atomic mass is 9.98. The molecule has 1 fully saturated rings. The fourth-order valence-electron chi connectivity index (χ4n) is 2.57. The summed E-state index contributed by atoms with van der Waals surface area (Å²) in [6.45, 7) is 2.81. The number of H-pyrrole nitrogens is 1. The second-order valence-corrected chi connectivity index (χ2v) is 6.08. The van der Waals surface area contributed by atoms with Crippen molar-refractivity contribution in [1.82, 2.24) is 20.8 Å². The van der Waals surface area contributed by atoms with Crippen LogP contribution >= 0.6 is 15.9 Å². The Morgan fingerprint density at radius 1 is 1.40 bits per heavy atom. The summed E-state index contributed by atoms with van der Waals surface area (Å²) in [5.74, 6) is 0.463. The van der Waals surface area contributed by atoms with Crippen molar-refractivity contribution in [3.05, 3.63) is 28.4 Å². The van der Waals surface area contributed by atoms with Crippen LogP contribution in [0.5, 0.6) is 0 Å². The Bertz CT molecular complexity index is 619. The molecule has 0 spiro atoms. The minimum Gasteiger partial charge on any atom is -0.350 e. The summed E-state index contributed by atoms with van der Waals surface area (Å²) >= 11 is 3.42. The van der Waals surface area contributed by atoms with Crippen LogP contribution in [-0.2, 0) is 0 Å². The van der Waals surface area contributed by atoms with Crippen molar-refractivity contribution in [2.45, 2.75) is 12.8 Å². The average molecular weight is 337 g/mol. The zero-order valence-corrected chi connectivity index (χ0v) is 12.7. The molecule has 1 aliphatic rings. The van der Waals surface area contributed by atoms with Gasteiger partial charge in [-0.3, -0.25) is 9.89 Å². The number of aromatic amines is 1. The van der Waals surface area contributed by atoms with E-state index in [1.54, 1.807) is 0 Å². The molecule has 0 saturated carbocycles. The van der Waals surface area contributed by atoms with Crippen molar-refractivity contribution >= 4 is 32.7 Å². The SMILES string of the molecule is O=C(NCC1CCNCC1)c1n[nH]c2ccc(Br)cc12. The Labute approximate surface area is 125 Å². The number of amides is 1. The number of hydrogen-bond donors (Lipinski definition) is 3. The predicted octanol–water partition coefficient (Wildman–Crippen LogP) is 2.05. The molecule has 0 radical (unpaired) electrons. The fraction of sp³-hybridized carbons (Fsp3) is 0.429. The molecule has 3 rings (SSSR count). The first-order valence-corrected chi connectivity index (χ1v) is 7.66. The largest absolute Gasteiger partial charge is 0.350 e. The molecule has 0 unspecified atom stereocenters. The van der Waals surface area contributed by atoms with E-state index in [4.69, 9.17) is 0 Å². The van der Waals surface area contributed by atoms with Gasteiger partial charge in [0, 0.05) is 16.4 Å². The van der Waals surface area contributed by atoms with Gasteiger partial charge in [0.05, 0.1) is 5.52 Å². The lowest BCUT2D eigenvalue weighted by molar-refractivity contribution is 0.0941. The van der Waals surface area contributed by atoms with Crippen molar-refractivity contribution in [1.29, 1.82) is 0 Å². The third kappa shape index (κ3) is 2.86. The highest BCUT2D eigenvalue weighted by Crippen LogP contribution is 2.21. The number of halogens is 1. The zero-order valence-electron chi connectivity index (χ0n) is 11.1. The first-order chi connectivity index (χ1) is 9.74. The lowest BCUT2D eigenvalue weighted by Gasteiger charge is -2.22. The monoisotopic (exact) mass is 336 g/mol. The van der Waals surface area contributed by atoms with E-state index in [2.05, 4.69) is 36.8 Å². The Balaban J connectivity index is 1.70. The minimum absolute atomic E-state index is 0.104. The molecule has 1 aromatic heterocycles. The molecule has 6 heteroatoms. The smallest absolute Gasteiger partial charge is 0.272 e. The van der Waals surface area contributed by atoms with E-state index in [0.717, 1.165) is 47.9 Å². The molecular weight excluding hydrogens is 320 g/mol. The van der Waals surface area contributed by atoms with Gasteiger partial charge in [0.2, 0.25) is 0 Å². The van der Waals surface area contributed by atoms with Crippen LogP contribution in [0.25, 0.3) is 10.9 Å². The first kappa shape index (κ1) is 13.6. The van der Waals surface area contributed by atoms with Gasteiger partial charge in [-0.15, -0.1) is 0 Å².